The minimum atomic E-state index is -2.98. The molecule has 1 aliphatic carbocycles. The number of aromatic amines is 1. The second-order valence-electron chi connectivity index (χ2n) is 17.9. The standard InChI is InChI=1S/C45H54F2N4O8/c1-8-43-14-11-16-51-17-15-44(38(43)51)30-19-28(33(56-5)20-32(30)49(4)39(44)45(55,41(54)58-7)40(43)59-24(2)52)35-34(37(53)57-6)25-18-26(42(3,46)47)22-50(21-25)23-29-27-12-9-10-13-31(27)48-36(29)35/h9-14,19-20,25-26,34-35,38-40,48,55H,8,15-18,21-23H2,1-7H3/t25-,26+,34-,35+,38+,39-,40-,43-,44-,45+/m1/s1. The first-order valence-electron chi connectivity index (χ1n) is 20.7. The third-order valence-corrected chi connectivity index (χ3v) is 15.3. The molecule has 1 spiro atoms. The highest BCUT2D eigenvalue weighted by molar-refractivity contribution is 5.88. The molecule has 12 nitrogen and oxygen atoms in total. The number of carbonyl (C=O) groups is 3. The molecular weight excluding hydrogens is 763 g/mol. The van der Waals surface area contributed by atoms with Crippen molar-refractivity contribution in [2.75, 3.05) is 59.5 Å². The van der Waals surface area contributed by atoms with Crippen LogP contribution in [0.15, 0.2) is 48.6 Å². The number of ether oxygens (including phenoxy) is 4. The minimum absolute atomic E-state index is 0.125. The lowest BCUT2D eigenvalue weighted by Gasteiger charge is -2.63. The second kappa shape index (κ2) is 13.8. The molecule has 0 amide bonds. The maximum atomic E-state index is 15.4. The Morgan fingerprint density at radius 2 is 1.83 bits per heavy atom. The summed E-state index contributed by atoms with van der Waals surface area (Å²) in [5, 5.41) is 14.2. The summed E-state index contributed by atoms with van der Waals surface area (Å²) in [6, 6.07) is 10.6. The highest BCUT2D eigenvalue weighted by atomic mass is 19.3. The number of para-hydroxylation sites is 1. The van der Waals surface area contributed by atoms with Gasteiger partial charge in [-0.25, -0.2) is 13.6 Å². The number of H-pyrrole nitrogens is 1. The molecule has 2 saturated heterocycles. The van der Waals surface area contributed by atoms with Crippen LogP contribution in [-0.4, -0.2) is 122 Å². The fraction of sp³-hybridized carbons (Fsp3) is 0.578. The number of piperidine rings is 1. The number of halogens is 2. The van der Waals surface area contributed by atoms with Crippen LogP contribution in [0.1, 0.15) is 68.3 Å². The van der Waals surface area contributed by atoms with Crippen LogP contribution >= 0.6 is 0 Å². The highest BCUT2D eigenvalue weighted by Crippen LogP contribution is 2.68. The van der Waals surface area contributed by atoms with E-state index in [1.165, 1.54) is 21.1 Å². The largest absolute Gasteiger partial charge is 0.496 e. The first-order valence-corrected chi connectivity index (χ1v) is 20.7. The van der Waals surface area contributed by atoms with Gasteiger partial charge in [0.05, 0.1) is 33.3 Å². The highest BCUT2D eigenvalue weighted by Gasteiger charge is 2.80. The van der Waals surface area contributed by atoms with Crippen molar-refractivity contribution < 1.29 is 47.2 Å². The van der Waals surface area contributed by atoms with Crippen molar-refractivity contribution in [2.45, 2.75) is 87.6 Å². The number of esters is 3. The zero-order valence-electron chi connectivity index (χ0n) is 34.7. The van der Waals surface area contributed by atoms with Gasteiger partial charge >= 0.3 is 17.9 Å². The van der Waals surface area contributed by atoms with E-state index in [0.717, 1.165) is 40.3 Å². The first kappa shape index (κ1) is 39.9. The molecule has 14 heteroatoms. The molecule has 2 bridgehead atoms. The van der Waals surface area contributed by atoms with Crippen LogP contribution in [0.5, 0.6) is 5.75 Å². The Bertz CT molecular complexity index is 2260. The summed E-state index contributed by atoms with van der Waals surface area (Å²) in [6.07, 6.45) is 3.87. The topological polar surface area (TPSA) is 134 Å². The number of carbonyl (C=O) groups excluding carboxylic acids is 3. The molecule has 3 aromatic rings. The monoisotopic (exact) mass is 816 g/mol. The normalized spacial score (nSPS) is 35.8. The number of hydrogen-bond donors (Lipinski definition) is 2. The number of fused-ring (bicyclic) bond motifs is 6. The summed E-state index contributed by atoms with van der Waals surface area (Å²) in [5.74, 6) is -7.64. The number of alkyl halides is 2. The molecule has 1 aromatic heterocycles. The number of nitrogens with one attached hydrogen (secondary N) is 1. The molecule has 9 rings (SSSR count). The van der Waals surface area contributed by atoms with Crippen molar-refractivity contribution in [3.8, 4) is 5.75 Å². The zero-order chi connectivity index (χ0) is 42.0. The maximum absolute atomic E-state index is 15.4. The van der Waals surface area contributed by atoms with Crippen LogP contribution in [0.4, 0.5) is 14.5 Å². The van der Waals surface area contributed by atoms with Gasteiger partial charge in [0.1, 0.15) is 5.75 Å². The second-order valence-corrected chi connectivity index (χ2v) is 17.9. The molecule has 3 fully saturated rings. The van der Waals surface area contributed by atoms with Gasteiger partial charge in [-0.3, -0.25) is 19.4 Å². The van der Waals surface area contributed by atoms with Crippen LogP contribution in [0.3, 0.4) is 0 Å². The number of aliphatic hydroxyl groups is 1. The number of anilines is 1. The Morgan fingerprint density at radius 1 is 1.07 bits per heavy atom. The number of hydrogen-bond acceptors (Lipinski definition) is 11. The van der Waals surface area contributed by atoms with E-state index in [4.69, 9.17) is 18.9 Å². The van der Waals surface area contributed by atoms with Crippen molar-refractivity contribution in [1.29, 1.82) is 0 Å². The Morgan fingerprint density at radius 3 is 2.51 bits per heavy atom. The number of rotatable bonds is 7. The van der Waals surface area contributed by atoms with Gasteiger partial charge in [-0.2, -0.15) is 0 Å². The molecule has 6 heterocycles. The predicted molar refractivity (Wildman–Crippen MR) is 214 cm³/mol. The van der Waals surface area contributed by atoms with E-state index < -0.39 is 76.1 Å². The Hall–Kier alpha value is -4.53. The van der Waals surface area contributed by atoms with Crippen molar-refractivity contribution in [3.05, 3.63) is 70.9 Å². The number of benzene rings is 2. The van der Waals surface area contributed by atoms with Gasteiger partial charge in [0.2, 0.25) is 11.5 Å². The molecule has 2 N–H and O–H groups in total. The molecular formula is C45H54F2N4O8. The fourth-order valence-electron chi connectivity index (χ4n) is 13.2. The third kappa shape index (κ3) is 5.37. The SMILES string of the molecule is CC[C@]12C=CCN3CC[C@@]4(c5cc([C@@H]6c7[nH]c8ccccc8c7CN7C[C@@H](C[C@H](C(C)(F)F)C7)[C@H]6C(=O)OC)c(OC)cc5N(C)[C@H]4[C@@](O)(C(=O)OC)[C@@H]1OC(C)=O)[C@@H]32. The van der Waals surface area contributed by atoms with Crippen molar-refractivity contribution in [3.63, 3.8) is 0 Å². The van der Waals surface area contributed by atoms with Gasteiger partial charge in [-0.15, -0.1) is 0 Å². The van der Waals surface area contributed by atoms with E-state index in [0.29, 0.717) is 50.3 Å². The maximum Gasteiger partial charge on any atom is 0.344 e. The number of nitrogens with zero attached hydrogens (tertiary/aromatic N) is 3. The lowest BCUT2D eigenvalue weighted by atomic mass is 9.47. The first-order chi connectivity index (χ1) is 28.1. The van der Waals surface area contributed by atoms with E-state index in [1.807, 2.05) is 61.4 Å². The summed E-state index contributed by atoms with van der Waals surface area (Å²) in [7, 11) is 5.98. The average molecular weight is 817 g/mol. The smallest absolute Gasteiger partial charge is 0.344 e. The quantitative estimate of drug-likeness (QED) is 0.187. The Labute approximate surface area is 342 Å². The van der Waals surface area contributed by atoms with Crippen LogP contribution in [0.25, 0.3) is 10.9 Å². The van der Waals surface area contributed by atoms with Crippen LogP contribution in [0.2, 0.25) is 0 Å². The zero-order valence-corrected chi connectivity index (χ0v) is 34.7. The molecule has 0 radical (unpaired) electrons. The van der Waals surface area contributed by atoms with Gasteiger partial charge in [0, 0.05) is 103 Å². The molecule has 2 aromatic carbocycles. The lowest BCUT2D eigenvalue weighted by Crippen LogP contribution is -2.81. The van der Waals surface area contributed by atoms with E-state index in [2.05, 4.69) is 20.9 Å². The van der Waals surface area contributed by atoms with E-state index in [1.54, 1.807) is 7.11 Å². The predicted octanol–water partition coefficient (Wildman–Crippen LogP) is 5.15. The van der Waals surface area contributed by atoms with Crippen LogP contribution in [-0.2, 0) is 40.6 Å². The Kier molecular flexibility index (Phi) is 9.30. The molecule has 1 saturated carbocycles. The molecule has 11 atom stereocenters. The van der Waals surface area contributed by atoms with Crippen molar-refractivity contribution in [1.82, 2.24) is 14.8 Å². The van der Waals surface area contributed by atoms with Gasteiger partial charge in [-0.1, -0.05) is 37.3 Å². The third-order valence-electron chi connectivity index (χ3n) is 15.3. The fourth-order valence-corrected chi connectivity index (χ4v) is 13.2. The van der Waals surface area contributed by atoms with Gasteiger partial charge in [0.15, 0.2) is 6.10 Å². The van der Waals surface area contributed by atoms with Gasteiger partial charge < -0.3 is 33.9 Å². The summed E-state index contributed by atoms with van der Waals surface area (Å²) >= 11 is 0. The van der Waals surface area contributed by atoms with Crippen LogP contribution < -0.4 is 9.64 Å². The van der Waals surface area contributed by atoms with Crippen molar-refractivity contribution >= 4 is 34.5 Å². The van der Waals surface area contributed by atoms with E-state index in [-0.39, 0.29) is 19.0 Å². The lowest BCUT2D eigenvalue weighted by molar-refractivity contribution is -0.228. The number of likely N-dealkylation sites (N-methyl/N-ethyl adjacent to an activating group) is 1. The summed E-state index contributed by atoms with van der Waals surface area (Å²) < 4.78 is 54.2. The summed E-state index contributed by atoms with van der Waals surface area (Å²) in [5.41, 5.74) is 0.569. The van der Waals surface area contributed by atoms with E-state index in [9.17, 15) is 19.5 Å². The molecule has 1 unspecified atom stereocenters. The Balaban J connectivity index is 1.34. The van der Waals surface area contributed by atoms with Crippen molar-refractivity contribution in [2.24, 2.45) is 23.2 Å². The van der Waals surface area contributed by atoms with Gasteiger partial charge in [0.25, 0.3) is 0 Å². The van der Waals surface area contributed by atoms with Crippen LogP contribution in [0, 0.1) is 23.2 Å². The average Bonchev–Trinajstić information content (AvgIpc) is 3.86. The van der Waals surface area contributed by atoms with E-state index >= 15 is 8.78 Å². The minimum Gasteiger partial charge on any atom is -0.496 e. The summed E-state index contributed by atoms with van der Waals surface area (Å²) in [6.45, 7) is 6.52. The molecule has 6 aliphatic rings. The number of methoxy groups -OCH3 is 3. The molecule has 316 valence electrons. The molecule has 5 aliphatic heterocycles. The number of aromatic nitrogens is 1. The summed E-state index contributed by atoms with van der Waals surface area (Å²) in [4.78, 5) is 51.8. The van der Waals surface area contributed by atoms with Gasteiger partial charge in [-0.05, 0) is 61.9 Å². The molecule has 59 heavy (non-hydrogen) atoms.